The molecule has 1 unspecified atom stereocenters. The standard InChI is InChI=1S/C14H15FN2O2S2/c15-9-3-4-11-12(6-9)17(10-2-1-5-20-7-10)14(16-11)21-8-13(18)19/h3-4,6,10H,1-2,5,7-8H2,(H,18,19). The van der Waals surface area contributed by atoms with Crippen LogP contribution >= 0.6 is 23.5 Å². The van der Waals surface area contributed by atoms with Gasteiger partial charge in [-0.1, -0.05) is 11.8 Å². The van der Waals surface area contributed by atoms with Gasteiger partial charge in [0.1, 0.15) is 5.82 Å². The first-order valence-corrected chi connectivity index (χ1v) is 8.89. The van der Waals surface area contributed by atoms with E-state index < -0.39 is 5.97 Å². The van der Waals surface area contributed by atoms with Crippen molar-refractivity contribution in [3.8, 4) is 0 Å². The van der Waals surface area contributed by atoms with Gasteiger partial charge in [-0.2, -0.15) is 11.8 Å². The first kappa shape index (κ1) is 14.7. The summed E-state index contributed by atoms with van der Waals surface area (Å²) in [6.07, 6.45) is 2.14. The van der Waals surface area contributed by atoms with E-state index in [1.165, 1.54) is 23.9 Å². The molecule has 2 heterocycles. The molecule has 0 saturated carbocycles. The number of carboxylic acids is 1. The molecule has 1 N–H and O–H groups in total. The minimum Gasteiger partial charge on any atom is -0.481 e. The zero-order chi connectivity index (χ0) is 14.8. The molecule has 0 aliphatic carbocycles. The van der Waals surface area contributed by atoms with Crippen molar-refractivity contribution in [3.05, 3.63) is 24.0 Å². The van der Waals surface area contributed by atoms with Crippen LogP contribution in [0.1, 0.15) is 18.9 Å². The Kier molecular flexibility index (Phi) is 4.40. The summed E-state index contributed by atoms with van der Waals surface area (Å²) >= 11 is 3.08. The van der Waals surface area contributed by atoms with Crippen LogP contribution in [0.2, 0.25) is 0 Å². The fraction of sp³-hybridized carbons (Fsp3) is 0.429. The van der Waals surface area contributed by atoms with Gasteiger partial charge in [0.05, 0.1) is 16.8 Å². The molecule has 4 nitrogen and oxygen atoms in total. The molecule has 7 heteroatoms. The fourth-order valence-corrected chi connectivity index (χ4v) is 4.48. The number of thioether (sulfide) groups is 2. The second-order valence-corrected chi connectivity index (χ2v) is 7.04. The van der Waals surface area contributed by atoms with Crippen molar-refractivity contribution in [2.45, 2.75) is 24.0 Å². The van der Waals surface area contributed by atoms with Gasteiger partial charge in [-0.25, -0.2) is 9.37 Å². The van der Waals surface area contributed by atoms with E-state index in [1.54, 1.807) is 6.07 Å². The Morgan fingerprint density at radius 3 is 3.14 bits per heavy atom. The van der Waals surface area contributed by atoms with Crippen molar-refractivity contribution in [1.82, 2.24) is 9.55 Å². The average Bonchev–Trinajstić information content (AvgIpc) is 2.83. The van der Waals surface area contributed by atoms with Gasteiger partial charge in [-0.15, -0.1) is 0 Å². The highest BCUT2D eigenvalue weighted by Gasteiger charge is 2.22. The first-order chi connectivity index (χ1) is 10.1. The monoisotopic (exact) mass is 326 g/mol. The Hall–Kier alpha value is -1.21. The molecule has 112 valence electrons. The second kappa shape index (κ2) is 6.27. The summed E-state index contributed by atoms with van der Waals surface area (Å²) < 4.78 is 15.6. The summed E-state index contributed by atoms with van der Waals surface area (Å²) in [6.45, 7) is 0. The lowest BCUT2D eigenvalue weighted by atomic mass is 10.2. The third-order valence-corrected chi connectivity index (χ3v) is 5.58. The molecule has 0 radical (unpaired) electrons. The zero-order valence-corrected chi connectivity index (χ0v) is 12.9. The molecule has 0 bridgehead atoms. The Bertz CT molecular complexity index is 668. The largest absolute Gasteiger partial charge is 0.481 e. The van der Waals surface area contributed by atoms with Crippen molar-refractivity contribution in [1.29, 1.82) is 0 Å². The molecule has 3 rings (SSSR count). The molecule has 1 saturated heterocycles. The number of fused-ring (bicyclic) bond motifs is 1. The lowest BCUT2D eigenvalue weighted by molar-refractivity contribution is -0.133. The van der Waals surface area contributed by atoms with E-state index in [4.69, 9.17) is 5.11 Å². The van der Waals surface area contributed by atoms with Gasteiger partial charge in [-0.3, -0.25) is 4.79 Å². The number of hydrogen-bond donors (Lipinski definition) is 1. The van der Waals surface area contributed by atoms with E-state index in [-0.39, 0.29) is 17.6 Å². The van der Waals surface area contributed by atoms with Crippen molar-refractivity contribution < 1.29 is 14.3 Å². The van der Waals surface area contributed by atoms with Gasteiger partial charge in [0.2, 0.25) is 0 Å². The predicted octanol–water partition coefficient (Wildman–Crippen LogP) is 3.42. The highest BCUT2D eigenvalue weighted by Crippen LogP contribution is 2.34. The molecule has 1 aromatic heterocycles. The Labute approximate surface area is 130 Å². The molecule has 0 amide bonds. The van der Waals surface area contributed by atoms with E-state index in [0.29, 0.717) is 5.16 Å². The van der Waals surface area contributed by atoms with Crippen LogP contribution in [0.4, 0.5) is 4.39 Å². The lowest BCUT2D eigenvalue weighted by Gasteiger charge is -2.24. The number of carbonyl (C=O) groups is 1. The molecule has 1 atom stereocenters. The van der Waals surface area contributed by atoms with Crippen LogP contribution in [0.25, 0.3) is 11.0 Å². The van der Waals surface area contributed by atoms with E-state index in [9.17, 15) is 9.18 Å². The summed E-state index contributed by atoms with van der Waals surface area (Å²) in [7, 11) is 0. The van der Waals surface area contributed by atoms with Crippen LogP contribution in [0, 0.1) is 5.82 Å². The number of halogens is 1. The zero-order valence-electron chi connectivity index (χ0n) is 11.3. The quantitative estimate of drug-likeness (QED) is 0.873. The predicted molar refractivity (Wildman–Crippen MR) is 83.6 cm³/mol. The summed E-state index contributed by atoms with van der Waals surface area (Å²) in [5.74, 6) is 0.910. The van der Waals surface area contributed by atoms with Crippen LogP contribution in [-0.4, -0.2) is 37.9 Å². The van der Waals surface area contributed by atoms with Crippen molar-refractivity contribution >= 4 is 40.5 Å². The number of benzene rings is 1. The van der Waals surface area contributed by atoms with Gasteiger partial charge in [0.15, 0.2) is 5.16 Å². The maximum Gasteiger partial charge on any atom is 0.313 e. The summed E-state index contributed by atoms with van der Waals surface area (Å²) in [5, 5.41) is 9.54. The fourth-order valence-electron chi connectivity index (χ4n) is 2.55. The number of aliphatic carboxylic acids is 1. The summed E-state index contributed by atoms with van der Waals surface area (Å²) in [4.78, 5) is 15.3. The topological polar surface area (TPSA) is 55.1 Å². The molecule has 1 fully saturated rings. The van der Waals surface area contributed by atoms with Crippen molar-refractivity contribution in [2.24, 2.45) is 0 Å². The number of rotatable bonds is 4. The van der Waals surface area contributed by atoms with Crippen LogP contribution in [0.15, 0.2) is 23.4 Å². The number of hydrogen-bond acceptors (Lipinski definition) is 4. The average molecular weight is 326 g/mol. The molecule has 21 heavy (non-hydrogen) atoms. The van der Waals surface area contributed by atoms with Gasteiger partial charge in [0.25, 0.3) is 0 Å². The molecular formula is C14H15FN2O2S2. The highest BCUT2D eigenvalue weighted by molar-refractivity contribution is 8.00. The summed E-state index contributed by atoms with van der Waals surface area (Å²) in [5.41, 5.74) is 1.48. The molecular weight excluding hydrogens is 311 g/mol. The van der Waals surface area contributed by atoms with Crippen LogP contribution in [0.3, 0.4) is 0 Å². The normalized spacial score (nSPS) is 19.0. The third kappa shape index (κ3) is 3.18. The maximum absolute atomic E-state index is 13.6. The minimum atomic E-state index is -0.872. The maximum atomic E-state index is 13.6. The number of nitrogens with zero attached hydrogens (tertiary/aromatic N) is 2. The Morgan fingerprint density at radius 2 is 2.43 bits per heavy atom. The van der Waals surface area contributed by atoms with E-state index in [2.05, 4.69) is 4.98 Å². The Balaban J connectivity index is 2.04. The van der Waals surface area contributed by atoms with E-state index >= 15 is 0 Å². The Morgan fingerprint density at radius 1 is 1.57 bits per heavy atom. The molecule has 1 aliphatic heterocycles. The van der Waals surface area contributed by atoms with Crippen molar-refractivity contribution in [3.63, 3.8) is 0 Å². The van der Waals surface area contributed by atoms with E-state index in [0.717, 1.165) is 35.4 Å². The lowest BCUT2D eigenvalue weighted by Crippen LogP contribution is -2.17. The van der Waals surface area contributed by atoms with Crippen LogP contribution in [0.5, 0.6) is 0 Å². The van der Waals surface area contributed by atoms with E-state index in [1.807, 2.05) is 16.3 Å². The van der Waals surface area contributed by atoms with Crippen LogP contribution in [-0.2, 0) is 4.79 Å². The molecule has 1 aliphatic rings. The SMILES string of the molecule is O=C(O)CSc1nc2ccc(F)cc2n1C1CCCSC1. The summed E-state index contributed by atoms with van der Waals surface area (Å²) in [6, 6.07) is 4.79. The van der Waals surface area contributed by atoms with Gasteiger partial charge >= 0.3 is 5.97 Å². The first-order valence-electron chi connectivity index (χ1n) is 6.75. The van der Waals surface area contributed by atoms with Crippen LogP contribution < -0.4 is 0 Å². The van der Waals surface area contributed by atoms with Crippen molar-refractivity contribution in [2.75, 3.05) is 17.3 Å². The number of aromatic nitrogens is 2. The number of imidazole rings is 1. The highest BCUT2D eigenvalue weighted by atomic mass is 32.2. The minimum absolute atomic E-state index is 0.0360. The number of carboxylic acid groups (broad SMARTS) is 1. The second-order valence-electron chi connectivity index (χ2n) is 4.95. The molecule has 2 aromatic rings. The van der Waals surface area contributed by atoms with Gasteiger partial charge < -0.3 is 9.67 Å². The molecule has 0 spiro atoms. The van der Waals surface area contributed by atoms with Gasteiger partial charge in [0, 0.05) is 11.8 Å². The van der Waals surface area contributed by atoms with Gasteiger partial charge in [-0.05, 0) is 36.8 Å². The smallest absolute Gasteiger partial charge is 0.313 e. The third-order valence-electron chi connectivity index (χ3n) is 3.45. The molecule has 1 aromatic carbocycles.